The first-order valence-corrected chi connectivity index (χ1v) is 5.99. The Balaban J connectivity index is 2.36. The Labute approximate surface area is 98.7 Å². The van der Waals surface area contributed by atoms with Crippen molar-refractivity contribution >= 4 is 0 Å². The summed E-state index contributed by atoms with van der Waals surface area (Å²) < 4.78 is 0. The Morgan fingerprint density at radius 2 is 1.50 bits per heavy atom. The van der Waals surface area contributed by atoms with Gasteiger partial charge in [-0.15, -0.1) is 0 Å². The van der Waals surface area contributed by atoms with Crippen LogP contribution in [0.1, 0.15) is 32.3 Å². The Hall–Kier alpha value is -1.30. The fourth-order valence-corrected chi connectivity index (χ4v) is 2.63. The molecule has 1 aliphatic carbocycles. The van der Waals surface area contributed by atoms with Gasteiger partial charge in [-0.05, 0) is 16.9 Å². The number of rotatable bonds is 2. The molecule has 0 bridgehead atoms. The molecule has 1 atom stereocenters. The number of hydrogen-bond acceptors (Lipinski definition) is 0. The zero-order valence-corrected chi connectivity index (χ0v) is 10.4. The van der Waals surface area contributed by atoms with E-state index in [1.807, 2.05) is 0 Å². The molecule has 0 aromatic heterocycles. The lowest BCUT2D eigenvalue weighted by molar-refractivity contribution is 0.289. The maximum Gasteiger partial charge on any atom is 0.00266 e. The molecule has 0 nitrogen and oxygen atoms in total. The number of allylic oxidation sites excluding steroid dienone is 4. The Morgan fingerprint density at radius 1 is 0.938 bits per heavy atom. The molecule has 84 valence electrons. The quantitative estimate of drug-likeness (QED) is 0.674. The zero-order chi connectivity index (χ0) is 11.6. The SMILES string of the molecule is CC(C)(C)[C@@H](c1ccccc1)C1C=CC=C1. The van der Waals surface area contributed by atoms with E-state index in [1.165, 1.54) is 5.56 Å². The van der Waals surface area contributed by atoms with E-state index in [-0.39, 0.29) is 5.41 Å². The molecular weight excluding hydrogens is 192 g/mol. The molecule has 1 aliphatic rings. The highest BCUT2D eigenvalue weighted by molar-refractivity contribution is 5.30. The van der Waals surface area contributed by atoms with Crippen molar-refractivity contribution < 1.29 is 0 Å². The van der Waals surface area contributed by atoms with Crippen molar-refractivity contribution in [1.29, 1.82) is 0 Å². The van der Waals surface area contributed by atoms with Gasteiger partial charge in [-0.3, -0.25) is 0 Å². The molecular formula is C16H20. The Morgan fingerprint density at radius 3 is 2.00 bits per heavy atom. The summed E-state index contributed by atoms with van der Waals surface area (Å²) in [5.41, 5.74) is 1.72. The van der Waals surface area contributed by atoms with Crippen LogP contribution in [-0.2, 0) is 0 Å². The van der Waals surface area contributed by atoms with Gasteiger partial charge in [0, 0.05) is 5.92 Å². The van der Waals surface area contributed by atoms with E-state index in [0.29, 0.717) is 11.8 Å². The van der Waals surface area contributed by atoms with Crippen LogP contribution in [0.25, 0.3) is 0 Å². The second-order valence-electron chi connectivity index (χ2n) is 5.60. The smallest absolute Gasteiger partial charge is 0.00266 e. The van der Waals surface area contributed by atoms with Gasteiger partial charge in [0.25, 0.3) is 0 Å². The molecule has 16 heavy (non-hydrogen) atoms. The molecule has 1 aromatic rings. The highest BCUT2D eigenvalue weighted by Crippen LogP contribution is 2.42. The van der Waals surface area contributed by atoms with Gasteiger partial charge in [-0.2, -0.15) is 0 Å². The lowest BCUT2D eigenvalue weighted by Crippen LogP contribution is -2.23. The Kier molecular flexibility index (Phi) is 3.00. The highest BCUT2D eigenvalue weighted by Gasteiger charge is 2.31. The van der Waals surface area contributed by atoms with Crippen LogP contribution < -0.4 is 0 Å². The van der Waals surface area contributed by atoms with Crippen LogP contribution in [0, 0.1) is 11.3 Å². The van der Waals surface area contributed by atoms with Crippen LogP contribution in [0.15, 0.2) is 54.6 Å². The molecule has 0 aliphatic heterocycles. The summed E-state index contributed by atoms with van der Waals surface area (Å²) in [6.07, 6.45) is 8.94. The molecule has 2 rings (SSSR count). The summed E-state index contributed by atoms with van der Waals surface area (Å²) in [5.74, 6) is 1.10. The van der Waals surface area contributed by atoms with Gasteiger partial charge < -0.3 is 0 Å². The van der Waals surface area contributed by atoms with E-state index in [4.69, 9.17) is 0 Å². The van der Waals surface area contributed by atoms with Crippen LogP contribution in [0.5, 0.6) is 0 Å². The molecule has 0 N–H and O–H groups in total. The minimum Gasteiger partial charge on any atom is -0.0770 e. The minimum absolute atomic E-state index is 0.283. The second-order valence-corrected chi connectivity index (χ2v) is 5.60. The molecule has 0 fully saturated rings. The van der Waals surface area contributed by atoms with Gasteiger partial charge >= 0.3 is 0 Å². The molecule has 0 heterocycles. The van der Waals surface area contributed by atoms with E-state index in [0.717, 1.165) is 0 Å². The van der Waals surface area contributed by atoms with E-state index in [1.54, 1.807) is 0 Å². The van der Waals surface area contributed by atoms with Crippen LogP contribution >= 0.6 is 0 Å². The second kappa shape index (κ2) is 4.29. The average molecular weight is 212 g/mol. The van der Waals surface area contributed by atoms with Gasteiger partial charge in [0.2, 0.25) is 0 Å². The van der Waals surface area contributed by atoms with Crippen molar-refractivity contribution in [3.05, 3.63) is 60.2 Å². The van der Waals surface area contributed by atoms with Gasteiger partial charge in [0.1, 0.15) is 0 Å². The summed E-state index contributed by atoms with van der Waals surface area (Å²) in [6.45, 7) is 6.97. The highest BCUT2D eigenvalue weighted by atomic mass is 14.3. The average Bonchev–Trinajstić information content (AvgIpc) is 2.71. The molecule has 0 spiro atoms. The van der Waals surface area contributed by atoms with Crippen molar-refractivity contribution in [3.8, 4) is 0 Å². The first-order valence-electron chi connectivity index (χ1n) is 5.99. The summed E-state index contributed by atoms with van der Waals surface area (Å²) >= 11 is 0. The molecule has 0 amide bonds. The van der Waals surface area contributed by atoms with Crippen LogP contribution in [-0.4, -0.2) is 0 Å². The summed E-state index contributed by atoms with van der Waals surface area (Å²) in [4.78, 5) is 0. The van der Waals surface area contributed by atoms with Crippen molar-refractivity contribution in [2.24, 2.45) is 11.3 Å². The third kappa shape index (κ3) is 2.27. The van der Waals surface area contributed by atoms with Crippen molar-refractivity contribution in [2.75, 3.05) is 0 Å². The lowest BCUT2D eigenvalue weighted by atomic mass is 9.70. The molecule has 1 aromatic carbocycles. The third-order valence-electron chi connectivity index (χ3n) is 3.25. The molecule has 0 saturated carbocycles. The zero-order valence-electron chi connectivity index (χ0n) is 10.4. The topological polar surface area (TPSA) is 0 Å². The van der Waals surface area contributed by atoms with E-state index >= 15 is 0 Å². The largest absolute Gasteiger partial charge is 0.0770 e. The number of benzene rings is 1. The van der Waals surface area contributed by atoms with Gasteiger partial charge in [0.05, 0.1) is 0 Å². The van der Waals surface area contributed by atoms with E-state index in [9.17, 15) is 0 Å². The molecule has 0 radical (unpaired) electrons. The predicted octanol–water partition coefficient (Wildman–Crippen LogP) is 4.56. The minimum atomic E-state index is 0.283. The van der Waals surface area contributed by atoms with E-state index < -0.39 is 0 Å². The van der Waals surface area contributed by atoms with Gasteiger partial charge in [-0.1, -0.05) is 75.4 Å². The van der Waals surface area contributed by atoms with Crippen molar-refractivity contribution in [1.82, 2.24) is 0 Å². The summed E-state index contributed by atoms with van der Waals surface area (Å²) in [6, 6.07) is 10.8. The Bertz CT molecular complexity index is 378. The summed E-state index contributed by atoms with van der Waals surface area (Å²) in [5, 5.41) is 0. The van der Waals surface area contributed by atoms with Crippen LogP contribution in [0.4, 0.5) is 0 Å². The first kappa shape index (κ1) is 11.2. The normalized spacial score (nSPS) is 17.9. The standard InChI is InChI=1S/C16H20/c1-16(2,3)15(14-11-7-8-12-14)13-9-5-4-6-10-13/h4-12,14-15H,1-3H3/t15-/m0/s1. The summed E-state index contributed by atoms with van der Waals surface area (Å²) in [7, 11) is 0. The third-order valence-corrected chi connectivity index (χ3v) is 3.25. The maximum atomic E-state index is 2.32. The monoisotopic (exact) mass is 212 g/mol. The fourth-order valence-electron chi connectivity index (χ4n) is 2.63. The van der Waals surface area contributed by atoms with Gasteiger partial charge in [0.15, 0.2) is 0 Å². The van der Waals surface area contributed by atoms with Crippen molar-refractivity contribution in [2.45, 2.75) is 26.7 Å². The van der Waals surface area contributed by atoms with Gasteiger partial charge in [-0.25, -0.2) is 0 Å². The van der Waals surface area contributed by atoms with Crippen molar-refractivity contribution in [3.63, 3.8) is 0 Å². The molecule has 0 saturated heterocycles. The number of hydrogen-bond donors (Lipinski definition) is 0. The molecule has 0 heteroatoms. The fraction of sp³-hybridized carbons (Fsp3) is 0.375. The lowest BCUT2D eigenvalue weighted by Gasteiger charge is -2.34. The maximum absolute atomic E-state index is 2.32. The first-order chi connectivity index (χ1) is 7.59. The van der Waals surface area contributed by atoms with Crippen LogP contribution in [0.2, 0.25) is 0 Å². The molecule has 0 unspecified atom stereocenters. The van der Waals surface area contributed by atoms with E-state index in [2.05, 4.69) is 75.4 Å². The van der Waals surface area contributed by atoms with Crippen LogP contribution in [0.3, 0.4) is 0 Å². The predicted molar refractivity (Wildman–Crippen MR) is 70.4 cm³/mol.